The van der Waals surface area contributed by atoms with Crippen molar-refractivity contribution in [1.82, 2.24) is 15.1 Å². The molecule has 0 aromatic heterocycles. The third kappa shape index (κ3) is 6.73. The maximum Gasteiger partial charge on any atom is 0.417 e. The molecule has 1 aliphatic heterocycles. The Morgan fingerprint density at radius 2 is 1.93 bits per heavy atom. The molecule has 160 valence electrons. The van der Waals surface area contributed by atoms with Gasteiger partial charge in [0.05, 0.1) is 23.2 Å². The van der Waals surface area contributed by atoms with Crippen molar-refractivity contribution in [1.29, 1.82) is 0 Å². The molecular weight excluding hydrogens is 409 g/mol. The molecule has 1 saturated heterocycles. The highest BCUT2D eigenvalue weighted by Gasteiger charge is 2.34. The van der Waals surface area contributed by atoms with E-state index in [1.807, 2.05) is 9.80 Å². The number of hydrogen-bond acceptors (Lipinski definition) is 4. The second kappa shape index (κ2) is 10.1. The molecule has 29 heavy (non-hydrogen) atoms. The fourth-order valence-electron chi connectivity index (χ4n) is 2.99. The zero-order valence-electron chi connectivity index (χ0n) is 16.1. The van der Waals surface area contributed by atoms with E-state index in [1.165, 1.54) is 6.07 Å². The molecule has 1 atom stereocenters. The van der Waals surface area contributed by atoms with E-state index in [2.05, 4.69) is 17.2 Å². The van der Waals surface area contributed by atoms with E-state index in [9.17, 15) is 22.8 Å². The largest absolute Gasteiger partial charge is 0.417 e. The number of halogens is 4. The summed E-state index contributed by atoms with van der Waals surface area (Å²) in [5, 5.41) is 4.81. The highest BCUT2D eigenvalue weighted by Crippen LogP contribution is 2.36. The first-order valence-corrected chi connectivity index (χ1v) is 9.51. The van der Waals surface area contributed by atoms with E-state index in [4.69, 9.17) is 11.6 Å². The van der Waals surface area contributed by atoms with Crippen LogP contribution >= 0.6 is 11.6 Å². The summed E-state index contributed by atoms with van der Waals surface area (Å²) in [6, 6.07) is 2.74. The van der Waals surface area contributed by atoms with E-state index in [1.54, 1.807) is 13.0 Å². The van der Waals surface area contributed by atoms with Crippen molar-refractivity contribution in [2.75, 3.05) is 44.6 Å². The van der Waals surface area contributed by atoms with Gasteiger partial charge in [0.1, 0.15) is 0 Å². The molecule has 2 rings (SSSR count). The van der Waals surface area contributed by atoms with Gasteiger partial charge in [-0.2, -0.15) is 13.2 Å². The van der Waals surface area contributed by atoms with E-state index in [-0.39, 0.29) is 18.1 Å². The molecule has 0 bridgehead atoms. The minimum atomic E-state index is -4.60. The second-order valence-corrected chi connectivity index (χ2v) is 7.17. The molecule has 1 aromatic carbocycles. The quantitative estimate of drug-likeness (QED) is 0.650. The van der Waals surface area contributed by atoms with Crippen molar-refractivity contribution in [2.45, 2.75) is 19.1 Å². The summed E-state index contributed by atoms with van der Waals surface area (Å²) in [7, 11) is 0. The van der Waals surface area contributed by atoms with E-state index in [0.717, 1.165) is 12.1 Å². The number of carbonyl (C=O) groups is 2. The van der Waals surface area contributed by atoms with Crippen LogP contribution in [0.5, 0.6) is 0 Å². The molecule has 0 saturated carbocycles. The number of hydrogen-bond donors (Lipinski definition) is 2. The number of piperazine rings is 1. The van der Waals surface area contributed by atoms with Gasteiger partial charge in [-0.25, -0.2) is 0 Å². The molecule has 0 radical (unpaired) electrons. The molecule has 2 N–H and O–H groups in total. The van der Waals surface area contributed by atoms with Crippen LogP contribution in [0.1, 0.15) is 12.5 Å². The van der Waals surface area contributed by atoms with Gasteiger partial charge < -0.3 is 10.6 Å². The van der Waals surface area contributed by atoms with Gasteiger partial charge in [-0.05, 0) is 25.1 Å². The molecule has 1 fully saturated rings. The van der Waals surface area contributed by atoms with Crippen molar-refractivity contribution >= 4 is 29.1 Å². The third-order valence-electron chi connectivity index (χ3n) is 4.68. The van der Waals surface area contributed by atoms with Gasteiger partial charge in [0.15, 0.2) is 0 Å². The van der Waals surface area contributed by atoms with Crippen molar-refractivity contribution in [3.63, 3.8) is 0 Å². The van der Waals surface area contributed by atoms with Crippen molar-refractivity contribution in [2.24, 2.45) is 0 Å². The Kier molecular flexibility index (Phi) is 8.06. The first-order valence-electron chi connectivity index (χ1n) is 9.13. The number of anilines is 1. The molecule has 1 heterocycles. The highest BCUT2D eigenvalue weighted by molar-refractivity contribution is 6.31. The number of amides is 2. The minimum absolute atomic E-state index is 0.0381. The third-order valence-corrected chi connectivity index (χ3v) is 5.01. The summed E-state index contributed by atoms with van der Waals surface area (Å²) in [5.74, 6) is -0.495. The average molecular weight is 433 g/mol. The minimum Gasteiger partial charge on any atom is -0.352 e. The zero-order valence-corrected chi connectivity index (χ0v) is 16.8. The fraction of sp³-hybridized carbons (Fsp3) is 0.474. The number of alkyl halides is 3. The Labute approximate surface area is 172 Å². The van der Waals surface area contributed by atoms with E-state index >= 15 is 0 Å². The predicted octanol–water partition coefficient (Wildman–Crippen LogP) is 2.61. The molecule has 2 amide bonds. The van der Waals surface area contributed by atoms with Crippen LogP contribution < -0.4 is 10.6 Å². The fourth-order valence-corrected chi connectivity index (χ4v) is 3.21. The predicted molar refractivity (Wildman–Crippen MR) is 106 cm³/mol. The summed E-state index contributed by atoms with van der Waals surface area (Å²) in [6.45, 7) is 8.28. The Bertz CT molecular complexity index is 749. The van der Waals surface area contributed by atoms with Crippen LogP contribution in [0.15, 0.2) is 30.9 Å². The van der Waals surface area contributed by atoms with E-state index < -0.39 is 28.7 Å². The number of benzene rings is 1. The van der Waals surface area contributed by atoms with Crippen LogP contribution in [0.2, 0.25) is 5.02 Å². The van der Waals surface area contributed by atoms with Crippen LogP contribution in [0, 0.1) is 0 Å². The second-order valence-electron chi connectivity index (χ2n) is 6.76. The van der Waals surface area contributed by atoms with E-state index in [0.29, 0.717) is 32.7 Å². The maximum atomic E-state index is 13.0. The van der Waals surface area contributed by atoms with Gasteiger partial charge in [-0.15, -0.1) is 6.58 Å². The van der Waals surface area contributed by atoms with Crippen LogP contribution in [0.3, 0.4) is 0 Å². The number of carbonyl (C=O) groups excluding carboxylic acids is 2. The summed E-state index contributed by atoms with van der Waals surface area (Å²) in [5.41, 5.74) is -0.955. The lowest BCUT2D eigenvalue weighted by Gasteiger charge is -2.37. The molecule has 0 spiro atoms. The van der Waals surface area contributed by atoms with Crippen molar-refractivity contribution in [3.05, 3.63) is 41.4 Å². The summed E-state index contributed by atoms with van der Waals surface area (Å²) in [4.78, 5) is 28.1. The average Bonchev–Trinajstić information content (AvgIpc) is 2.67. The number of nitrogens with zero attached hydrogens (tertiary/aromatic N) is 2. The normalized spacial score (nSPS) is 16.9. The lowest BCUT2D eigenvalue weighted by Crippen LogP contribution is -2.54. The molecule has 0 aliphatic carbocycles. The summed E-state index contributed by atoms with van der Waals surface area (Å²) in [6.07, 6.45) is -2.99. The van der Waals surface area contributed by atoms with Crippen LogP contribution in [0.25, 0.3) is 0 Å². The Morgan fingerprint density at radius 1 is 1.28 bits per heavy atom. The molecule has 1 aromatic rings. The molecular formula is C19H24ClF3N4O2. The Hall–Kier alpha value is -2.10. The molecule has 10 heteroatoms. The number of rotatable bonds is 7. The van der Waals surface area contributed by atoms with Crippen LogP contribution in [-0.2, 0) is 15.8 Å². The lowest BCUT2D eigenvalue weighted by molar-refractivity contribution is -0.137. The standard InChI is InChI=1S/C19H24ClF3N4O2/c1-3-6-24-17(28)12-26-7-9-27(10-8-26)13(2)18(29)25-14-4-5-16(20)15(11-14)19(21,22)23/h3-5,11,13H,1,6-10,12H2,2H3,(H,24,28)(H,25,29)/t13-/m0/s1. The molecule has 6 nitrogen and oxygen atoms in total. The summed E-state index contributed by atoms with van der Waals surface area (Å²) >= 11 is 5.60. The monoisotopic (exact) mass is 432 g/mol. The van der Waals surface area contributed by atoms with Crippen molar-refractivity contribution in [3.8, 4) is 0 Å². The van der Waals surface area contributed by atoms with Crippen molar-refractivity contribution < 1.29 is 22.8 Å². The maximum absolute atomic E-state index is 13.0. The van der Waals surface area contributed by atoms with Gasteiger partial charge in [0.2, 0.25) is 11.8 Å². The SMILES string of the molecule is C=CCNC(=O)CN1CCN([C@@H](C)C(=O)Nc2ccc(Cl)c(C(F)(F)F)c2)CC1. The highest BCUT2D eigenvalue weighted by atomic mass is 35.5. The van der Waals surface area contributed by atoms with Gasteiger partial charge in [0, 0.05) is 38.4 Å². The smallest absolute Gasteiger partial charge is 0.352 e. The van der Waals surface area contributed by atoms with Crippen LogP contribution in [-0.4, -0.2) is 66.9 Å². The Balaban J connectivity index is 1.88. The lowest BCUT2D eigenvalue weighted by atomic mass is 10.1. The summed E-state index contributed by atoms with van der Waals surface area (Å²) < 4.78 is 38.9. The molecule has 1 aliphatic rings. The first-order chi connectivity index (χ1) is 13.6. The van der Waals surface area contributed by atoms with Gasteiger partial charge in [0.25, 0.3) is 0 Å². The topological polar surface area (TPSA) is 64.7 Å². The zero-order chi connectivity index (χ0) is 21.6. The van der Waals surface area contributed by atoms with Gasteiger partial charge in [-0.3, -0.25) is 19.4 Å². The molecule has 0 unspecified atom stereocenters. The first kappa shape index (κ1) is 23.2. The Morgan fingerprint density at radius 3 is 2.52 bits per heavy atom. The van der Waals surface area contributed by atoms with Gasteiger partial charge in [-0.1, -0.05) is 17.7 Å². The van der Waals surface area contributed by atoms with Crippen LogP contribution in [0.4, 0.5) is 18.9 Å². The number of nitrogens with one attached hydrogen (secondary N) is 2. The van der Waals surface area contributed by atoms with Gasteiger partial charge >= 0.3 is 6.18 Å².